The Kier molecular flexibility index (Phi) is 4.22. The van der Waals surface area contributed by atoms with Crippen molar-refractivity contribution < 1.29 is 26.0 Å². The lowest BCUT2D eigenvalue weighted by Gasteiger charge is -2.06. The van der Waals surface area contributed by atoms with Crippen molar-refractivity contribution in [3.63, 3.8) is 0 Å². The molecule has 2 heterocycles. The van der Waals surface area contributed by atoms with Gasteiger partial charge in [0.15, 0.2) is 21.2 Å². The lowest BCUT2D eigenvalue weighted by atomic mass is 10.3. The van der Waals surface area contributed by atoms with Gasteiger partial charge < -0.3 is 4.42 Å². The summed E-state index contributed by atoms with van der Waals surface area (Å²) in [5.41, 5.74) is 0.00462. The third-order valence-corrected chi connectivity index (χ3v) is 5.18. The van der Waals surface area contributed by atoms with Crippen molar-refractivity contribution in [1.82, 2.24) is 14.8 Å². The molecule has 0 radical (unpaired) electrons. The molecule has 6 nitrogen and oxygen atoms in total. The van der Waals surface area contributed by atoms with Crippen molar-refractivity contribution in [3.05, 3.63) is 60.0 Å². The smallest absolute Gasteiger partial charge is 0.282 e. The molecule has 0 aliphatic rings. The van der Waals surface area contributed by atoms with E-state index < -0.39 is 27.8 Å². The second kappa shape index (κ2) is 6.48. The monoisotopic (exact) mass is 407 g/mol. The number of hydrogen-bond donors (Lipinski definition) is 0. The Morgan fingerprint density at radius 3 is 2.43 bits per heavy atom. The zero-order valence-corrected chi connectivity index (χ0v) is 15.1. The van der Waals surface area contributed by atoms with E-state index >= 15 is 0 Å². The third-order valence-electron chi connectivity index (χ3n) is 4.05. The molecule has 0 N–H and O–H groups in total. The van der Waals surface area contributed by atoms with Crippen molar-refractivity contribution in [2.45, 2.75) is 11.3 Å². The second-order valence-electron chi connectivity index (χ2n) is 6.04. The van der Waals surface area contributed by atoms with Crippen molar-refractivity contribution in [2.24, 2.45) is 0 Å². The predicted molar refractivity (Wildman–Crippen MR) is 94.6 cm³/mol. The molecular weight excluding hydrogens is 395 g/mol. The zero-order valence-electron chi connectivity index (χ0n) is 14.3. The molecule has 4 rings (SSSR count). The quantitative estimate of drug-likeness (QED) is 0.508. The molecular formula is C18H12F3N3O3S. The van der Waals surface area contributed by atoms with Crippen LogP contribution in [0.1, 0.15) is 12.1 Å². The fraction of sp³-hybridized carbons (Fsp3) is 0.111. The Balaban J connectivity index is 1.89. The van der Waals surface area contributed by atoms with Gasteiger partial charge in [-0.1, -0.05) is 6.07 Å². The van der Waals surface area contributed by atoms with Gasteiger partial charge in [-0.3, -0.25) is 0 Å². The summed E-state index contributed by atoms with van der Waals surface area (Å²) in [7, 11) is -3.42. The summed E-state index contributed by atoms with van der Waals surface area (Å²) in [5, 5.41) is 3.86. The van der Waals surface area contributed by atoms with Crippen LogP contribution in [0.4, 0.5) is 13.2 Å². The number of oxazole rings is 1. The van der Waals surface area contributed by atoms with E-state index in [-0.39, 0.29) is 27.6 Å². The van der Waals surface area contributed by atoms with Crippen LogP contribution in [0.3, 0.4) is 0 Å². The molecule has 0 fully saturated rings. The van der Waals surface area contributed by atoms with E-state index in [1.54, 1.807) is 0 Å². The van der Waals surface area contributed by atoms with Gasteiger partial charge in [-0.2, -0.15) is 5.10 Å². The second-order valence-corrected chi connectivity index (χ2v) is 8.06. The largest absolute Gasteiger partial charge is 0.432 e. The van der Waals surface area contributed by atoms with Crippen LogP contribution >= 0.6 is 0 Å². The molecule has 144 valence electrons. The average Bonchev–Trinajstić information content (AvgIpc) is 3.26. The molecule has 28 heavy (non-hydrogen) atoms. The van der Waals surface area contributed by atoms with E-state index in [4.69, 9.17) is 4.42 Å². The van der Waals surface area contributed by atoms with Gasteiger partial charge in [0, 0.05) is 6.26 Å². The zero-order chi connectivity index (χ0) is 20.1. The van der Waals surface area contributed by atoms with Crippen molar-refractivity contribution in [3.8, 4) is 17.3 Å². The maximum absolute atomic E-state index is 13.9. The van der Waals surface area contributed by atoms with Crippen LogP contribution in [0, 0.1) is 5.82 Å². The standard InChI is InChI=1S/C18H12F3N3O3S/c1-28(25,26)11-7-5-10(6-8-11)24-15(9-14(23-24)17(20)21)18-22-13-4-2-3-12(19)16(13)27-18/h2-9,17H,1H3. The molecule has 0 spiro atoms. The van der Waals surface area contributed by atoms with Crippen LogP contribution < -0.4 is 0 Å². The van der Waals surface area contributed by atoms with E-state index in [2.05, 4.69) is 10.1 Å². The van der Waals surface area contributed by atoms with Crippen LogP contribution in [0.25, 0.3) is 28.4 Å². The van der Waals surface area contributed by atoms with Crippen LogP contribution in [0.2, 0.25) is 0 Å². The van der Waals surface area contributed by atoms with E-state index in [0.29, 0.717) is 5.69 Å². The van der Waals surface area contributed by atoms with Gasteiger partial charge in [-0.25, -0.2) is 31.3 Å². The highest BCUT2D eigenvalue weighted by Crippen LogP contribution is 2.31. The van der Waals surface area contributed by atoms with Crippen LogP contribution in [0.5, 0.6) is 0 Å². The number of alkyl halides is 2. The number of nitrogens with zero attached hydrogens (tertiary/aromatic N) is 3. The number of halogens is 3. The number of aromatic nitrogens is 3. The molecule has 0 aliphatic carbocycles. The Morgan fingerprint density at radius 2 is 1.82 bits per heavy atom. The van der Waals surface area contributed by atoms with Crippen molar-refractivity contribution >= 4 is 20.9 Å². The molecule has 0 aliphatic heterocycles. The van der Waals surface area contributed by atoms with Gasteiger partial charge in [0.25, 0.3) is 6.43 Å². The van der Waals surface area contributed by atoms with Crippen molar-refractivity contribution in [2.75, 3.05) is 6.26 Å². The van der Waals surface area contributed by atoms with E-state index in [9.17, 15) is 21.6 Å². The Hall–Kier alpha value is -3.14. The first-order valence-electron chi connectivity index (χ1n) is 7.98. The summed E-state index contributed by atoms with van der Waals surface area (Å²) in [6.45, 7) is 0. The minimum Gasteiger partial charge on any atom is -0.432 e. The fourth-order valence-electron chi connectivity index (χ4n) is 2.71. The molecule has 0 amide bonds. The number of hydrogen-bond acceptors (Lipinski definition) is 5. The topological polar surface area (TPSA) is 78.0 Å². The third kappa shape index (κ3) is 3.15. The molecule has 2 aromatic carbocycles. The van der Waals surface area contributed by atoms with E-state index in [1.807, 2.05) is 0 Å². The van der Waals surface area contributed by atoms with Crippen LogP contribution in [-0.2, 0) is 9.84 Å². The number of fused-ring (bicyclic) bond motifs is 1. The summed E-state index contributed by atoms with van der Waals surface area (Å²) in [6, 6.07) is 10.8. The average molecular weight is 407 g/mol. The Morgan fingerprint density at radius 1 is 1.11 bits per heavy atom. The number of para-hydroxylation sites is 1. The predicted octanol–water partition coefficient (Wildman–Crippen LogP) is 4.16. The Bertz CT molecular complexity index is 1280. The number of sulfone groups is 1. The van der Waals surface area contributed by atoms with Gasteiger partial charge >= 0.3 is 0 Å². The summed E-state index contributed by atoms with van der Waals surface area (Å²) in [4.78, 5) is 4.22. The van der Waals surface area contributed by atoms with Gasteiger partial charge in [-0.05, 0) is 42.5 Å². The first-order valence-corrected chi connectivity index (χ1v) is 9.87. The summed E-state index contributed by atoms with van der Waals surface area (Å²) >= 11 is 0. The summed E-state index contributed by atoms with van der Waals surface area (Å²) in [5.74, 6) is -0.722. The minimum atomic E-state index is -3.42. The maximum Gasteiger partial charge on any atom is 0.282 e. The lowest BCUT2D eigenvalue weighted by molar-refractivity contribution is 0.145. The normalized spacial score (nSPS) is 12.2. The summed E-state index contributed by atoms with van der Waals surface area (Å²) < 4.78 is 70.1. The Labute approximate surface area is 157 Å². The first kappa shape index (κ1) is 18.2. The van der Waals surface area contributed by atoms with Gasteiger partial charge in [0.05, 0.1) is 10.6 Å². The number of rotatable bonds is 4. The SMILES string of the molecule is CS(=O)(=O)c1ccc(-n2nc(C(F)F)cc2-c2nc3cccc(F)c3o2)cc1. The molecule has 0 atom stereocenters. The van der Waals surface area contributed by atoms with Crippen molar-refractivity contribution in [1.29, 1.82) is 0 Å². The van der Waals surface area contributed by atoms with Gasteiger partial charge in [0.1, 0.15) is 16.9 Å². The highest BCUT2D eigenvalue weighted by molar-refractivity contribution is 7.90. The molecule has 0 unspecified atom stereocenters. The molecule has 4 aromatic rings. The first-order chi connectivity index (χ1) is 13.2. The fourth-order valence-corrected chi connectivity index (χ4v) is 3.35. The van der Waals surface area contributed by atoms with Gasteiger partial charge in [-0.15, -0.1) is 0 Å². The molecule has 0 bridgehead atoms. The lowest BCUT2D eigenvalue weighted by Crippen LogP contribution is -2.02. The molecule has 0 saturated carbocycles. The molecule has 2 aromatic heterocycles. The maximum atomic E-state index is 13.9. The highest BCUT2D eigenvalue weighted by Gasteiger charge is 2.22. The van der Waals surface area contributed by atoms with Crippen LogP contribution in [0.15, 0.2) is 57.8 Å². The van der Waals surface area contributed by atoms with Crippen LogP contribution in [-0.4, -0.2) is 29.4 Å². The summed E-state index contributed by atoms with van der Waals surface area (Å²) in [6.07, 6.45) is -1.79. The van der Waals surface area contributed by atoms with Gasteiger partial charge in [0.2, 0.25) is 5.89 Å². The van der Waals surface area contributed by atoms with E-state index in [1.165, 1.54) is 42.5 Å². The van der Waals surface area contributed by atoms with E-state index in [0.717, 1.165) is 17.0 Å². The molecule has 10 heteroatoms. The highest BCUT2D eigenvalue weighted by atomic mass is 32.2. The minimum absolute atomic E-state index is 0.0722. The molecule has 0 saturated heterocycles. The number of benzene rings is 2.